The summed E-state index contributed by atoms with van der Waals surface area (Å²) < 4.78 is 10.8. The van der Waals surface area contributed by atoms with Crippen LogP contribution in [0.15, 0.2) is 34.8 Å². The van der Waals surface area contributed by atoms with Gasteiger partial charge in [0.25, 0.3) is 5.88 Å². The van der Waals surface area contributed by atoms with Gasteiger partial charge in [-0.25, -0.2) is 15.8 Å². The van der Waals surface area contributed by atoms with Crippen molar-refractivity contribution in [2.24, 2.45) is 10.8 Å². The number of carbonyl (C=O) groups excluding carboxylic acids is 1. The summed E-state index contributed by atoms with van der Waals surface area (Å²) in [5.74, 6) is 5.34. The number of hydrogen-bond donors (Lipinski definition) is 1. The summed E-state index contributed by atoms with van der Waals surface area (Å²) in [5, 5.41) is 22.1. The first-order chi connectivity index (χ1) is 14.2. The Morgan fingerprint density at radius 3 is 2.73 bits per heavy atom. The minimum Gasteiger partial charge on any atom is -0.466 e. The van der Waals surface area contributed by atoms with Crippen LogP contribution in [0, 0.1) is 21.4 Å². The Hall–Kier alpha value is -3.30. The van der Waals surface area contributed by atoms with E-state index in [0.29, 0.717) is 11.3 Å². The molecule has 1 atom stereocenters. The molecular weight excluding hydrogens is 412 g/mol. The number of nitriles is 1. The van der Waals surface area contributed by atoms with Gasteiger partial charge < -0.3 is 14.4 Å². The topological polar surface area (TPSA) is 147 Å². The zero-order chi connectivity index (χ0) is 22.4. The summed E-state index contributed by atoms with van der Waals surface area (Å²) >= 11 is 1.21. The van der Waals surface area contributed by atoms with Crippen LogP contribution in [0.1, 0.15) is 18.9 Å². The highest BCUT2D eigenvalue weighted by Gasteiger charge is 2.39. The number of thioether (sulfide) groups is 1. The zero-order valence-corrected chi connectivity index (χ0v) is 17.8. The molecule has 0 aromatic heterocycles. The van der Waals surface area contributed by atoms with E-state index >= 15 is 0 Å². The molecule has 0 amide bonds. The molecule has 0 saturated heterocycles. The van der Waals surface area contributed by atoms with Crippen LogP contribution in [0.5, 0.6) is 5.75 Å². The van der Waals surface area contributed by atoms with Gasteiger partial charge in [-0.2, -0.15) is 5.26 Å². The summed E-state index contributed by atoms with van der Waals surface area (Å²) in [6.45, 7) is 1.77. The molecule has 0 aliphatic carbocycles. The molecule has 0 saturated carbocycles. The second-order valence-electron chi connectivity index (χ2n) is 6.23. The van der Waals surface area contributed by atoms with Crippen molar-refractivity contribution in [2.45, 2.75) is 18.8 Å². The van der Waals surface area contributed by atoms with Crippen LogP contribution in [-0.2, 0) is 9.53 Å². The summed E-state index contributed by atoms with van der Waals surface area (Å²) in [6, 6.07) is 6.72. The van der Waals surface area contributed by atoms with Gasteiger partial charge in [-0.1, -0.05) is 0 Å². The molecule has 0 spiro atoms. The Kier molecular flexibility index (Phi) is 7.62. The lowest BCUT2D eigenvalue weighted by molar-refractivity contribution is -0.419. The van der Waals surface area contributed by atoms with E-state index in [0.717, 1.165) is 5.01 Å². The van der Waals surface area contributed by atoms with Crippen LogP contribution in [0.4, 0.5) is 5.69 Å². The van der Waals surface area contributed by atoms with Gasteiger partial charge in [-0.05, 0) is 25.3 Å². The first-order valence-corrected chi connectivity index (χ1v) is 10.1. The second kappa shape index (κ2) is 9.95. The third kappa shape index (κ3) is 5.00. The predicted octanol–water partition coefficient (Wildman–Crippen LogP) is 1.68. The Labute approximate surface area is 177 Å². The van der Waals surface area contributed by atoms with Crippen molar-refractivity contribution in [1.29, 1.82) is 5.26 Å². The molecule has 11 nitrogen and oxygen atoms in total. The number of benzene rings is 1. The van der Waals surface area contributed by atoms with E-state index in [9.17, 15) is 20.2 Å². The smallest absolute Gasteiger partial charge is 0.352 e. The number of carbonyl (C=O) groups is 1. The highest BCUT2D eigenvalue weighted by atomic mass is 32.2. The number of nitrogens with two attached hydrogens (primary N) is 1. The van der Waals surface area contributed by atoms with E-state index in [4.69, 9.17) is 15.3 Å². The van der Waals surface area contributed by atoms with E-state index in [1.54, 1.807) is 44.3 Å². The molecule has 0 radical (unpaired) electrons. The highest BCUT2D eigenvalue weighted by molar-refractivity contribution is 7.99. The van der Waals surface area contributed by atoms with Gasteiger partial charge in [-0.15, -0.1) is 11.8 Å². The van der Waals surface area contributed by atoms with Gasteiger partial charge in [0.2, 0.25) is 0 Å². The van der Waals surface area contributed by atoms with E-state index in [1.807, 2.05) is 6.07 Å². The molecule has 1 aliphatic heterocycles. The summed E-state index contributed by atoms with van der Waals surface area (Å²) in [6.07, 6.45) is 1.31. The number of nitrogens with zero attached hydrogens (tertiary/aromatic N) is 5. The molecule has 12 heteroatoms. The van der Waals surface area contributed by atoms with Crippen molar-refractivity contribution in [1.82, 2.24) is 5.01 Å². The lowest BCUT2D eigenvalue weighted by Crippen LogP contribution is -2.45. The number of esters is 1. The van der Waals surface area contributed by atoms with E-state index in [-0.39, 0.29) is 24.0 Å². The lowest BCUT2D eigenvalue weighted by atomic mass is 10.1. The number of allylic oxidation sites excluding steroid dienone is 1. The van der Waals surface area contributed by atoms with Crippen LogP contribution in [0.3, 0.4) is 0 Å². The van der Waals surface area contributed by atoms with Gasteiger partial charge in [0.1, 0.15) is 5.71 Å². The number of hydrogen-bond acceptors (Lipinski definition) is 11. The molecule has 2 N–H and O–H groups in total. The minimum absolute atomic E-state index is 0.0997. The second-order valence-corrected chi connectivity index (χ2v) is 7.12. The molecular formula is C18H22N6O5S. The highest BCUT2D eigenvalue weighted by Crippen LogP contribution is 2.34. The fraction of sp³-hybridized carbons (Fsp3) is 0.389. The number of aliphatic imine (C=N–C) groups is 1. The summed E-state index contributed by atoms with van der Waals surface area (Å²) in [4.78, 5) is 29.1. The van der Waals surface area contributed by atoms with Crippen LogP contribution in [0.2, 0.25) is 0 Å². The molecule has 0 fully saturated rings. The van der Waals surface area contributed by atoms with Crippen molar-refractivity contribution < 1.29 is 19.2 Å². The molecule has 30 heavy (non-hydrogen) atoms. The average molecular weight is 434 g/mol. The van der Waals surface area contributed by atoms with Gasteiger partial charge in [0.05, 0.1) is 35.3 Å². The van der Waals surface area contributed by atoms with Crippen LogP contribution >= 0.6 is 11.8 Å². The number of ether oxygens (including phenoxy) is 2. The first kappa shape index (κ1) is 23.0. The maximum Gasteiger partial charge on any atom is 0.352 e. The molecule has 1 aliphatic rings. The number of hydrazine groups is 1. The fourth-order valence-electron chi connectivity index (χ4n) is 2.67. The van der Waals surface area contributed by atoms with Crippen LogP contribution in [-0.4, -0.2) is 54.1 Å². The minimum atomic E-state index is -0.755. The fourth-order valence-corrected chi connectivity index (χ4v) is 3.23. The molecule has 1 unspecified atom stereocenters. The first-order valence-electron chi connectivity index (χ1n) is 8.80. The monoisotopic (exact) mass is 434 g/mol. The van der Waals surface area contributed by atoms with Crippen LogP contribution < -0.4 is 15.5 Å². The van der Waals surface area contributed by atoms with Crippen molar-refractivity contribution in [3.63, 3.8) is 0 Å². The maximum atomic E-state index is 12.0. The quantitative estimate of drug-likeness (QED) is 0.277. The SMILES string of the molecule is CCOC(=O)CC1=NC(SC)N(N)C(Oc2cc(C#N)ccc2N(C)C)=C1[N+](=O)[O-]. The van der Waals surface area contributed by atoms with Crippen LogP contribution in [0.25, 0.3) is 0 Å². The predicted molar refractivity (Wildman–Crippen MR) is 112 cm³/mol. The van der Waals surface area contributed by atoms with E-state index in [2.05, 4.69) is 4.99 Å². The van der Waals surface area contributed by atoms with Gasteiger partial charge in [0, 0.05) is 20.2 Å². The molecule has 160 valence electrons. The average Bonchev–Trinajstić information content (AvgIpc) is 2.69. The van der Waals surface area contributed by atoms with Gasteiger partial charge in [0.15, 0.2) is 11.2 Å². The molecule has 1 heterocycles. The number of nitro groups is 1. The number of anilines is 1. The summed E-state index contributed by atoms with van der Waals surface area (Å²) in [5.41, 5.74) is -0.511. The van der Waals surface area contributed by atoms with E-state index in [1.165, 1.54) is 17.8 Å². The molecule has 1 aromatic carbocycles. The van der Waals surface area contributed by atoms with Crippen molar-refractivity contribution in [2.75, 3.05) is 31.9 Å². The largest absolute Gasteiger partial charge is 0.466 e. The Balaban J connectivity index is 2.61. The Bertz CT molecular complexity index is 939. The van der Waals surface area contributed by atoms with Crippen molar-refractivity contribution in [3.05, 3.63) is 45.5 Å². The maximum absolute atomic E-state index is 12.0. The number of rotatable bonds is 8. The standard InChI is InChI=1S/C18H22N6O5S/c1-5-28-15(25)9-12-16(24(26)27)17(23(20)18(21-12)30-4)29-14-8-11(10-19)6-7-13(14)22(2)3/h6-8,18H,5,9,20H2,1-4H3. The third-order valence-electron chi connectivity index (χ3n) is 4.00. The van der Waals surface area contributed by atoms with E-state index < -0.39 is 28.5 Å². The Morgan fingerprint density at radius 1 is 1.50 bits per heavy atom. The van der Waals surface area contributed by atoms with Gasteiger partial charge in [-0.3, -0.25) is 14.9 Å². The molecule has 2 rings (SSSR count). The summed E-state index contributed by atoms with van der Waals surface area (Å²) in [7, 11) is 3.52. The lowest BCUT2D eigenvalue weighted by Gasteiger charge is -2.30. The molecule has 1 aromatic rings. The van der Waals surface area contributed by atoms with Crippen molar-refractivity contribution >= 4 is 29.1 Å². The normalized spacial score (nSPS) is 15.9. The molecule has 0 bridgehead atoms. The zero-order valence-electron chi connectivity index (χ0n) is 17.0. The Morgan fingerprint density at radius 2 is 2.20 bits per heavy atom. The van der Waals surface area contributed by atoms with Crippen molar-refractivity contribution in [3.8, 4) is 11.8 Å². The third-order valence-corrected chi connectivity index (χ3v) is 4.76. The van der Waals surface area contributed by atoms with Gasteiger partial charge >= 0.3 is 11.7 Å².